The van der Waals surface area contributed by atoms with Crippen molar-refractivity contribution < 1.29 is 34.8 Å². The molecule has 2 aliphatic heterocycles. The highest BCUT2D eigenvalue weighted by Crippen LogP contribution is 2.36. The summed E-state index contributed by atoms with van der Waals surface area (Å²) in [6, 6.07) is 10.3. The summed E-state index contributed by atoms with van der Waals surface area (Å²) in [6.45, 7) is 6.10. The zero-order valence-corrected chi connectivity index (χ0v) is 19.5. The van der Waals surface area contributed by atoms with E-state index in [1.807, 2.05) is 23.5 Å². The summed E-state index contributed by atoms with van der Waals surface area (Å²) in [6.07, 6.45) is 2.27. The number of carboxylic acids is 2. The zero-order valence-electron chi connectivity index (χ0n) is 18.7. The number of aliphatic carboxylic acids is 2. The van der Waals surface area contributed by atoms with Crippen molar-refractivity contribution in [3.8, 4) is 5.75 Å². The van der Waals surface area contributed by atoms with Crippen LogP contribution in [0, 0.1) is 0 Å². The molecule has 1 aromatic carbocycles. The second-order valence-electron chi connectivity index (χ2n) is 7.65. The number of ether oxygens (including phenoxy) is 1. The molecule has 0 bridgehead atoms. The third-order valence-corrected chi connectivity index (χ3v) is 6.42. The van der Waals surface area contributed by atoms with E-state index in [2.05, 4.69) is 44.5 Å². The van der Waals surface area contributed by atoms with E-state index in [9.17, 15) is 5.11 Å². The second-order valence-corrected chi connectivity index (χ2v) is 8.56. The van der Waals surface area contributed by atoms with Gasteiger partial charge in [0.2, 0.25) is 0 Å². The molecule has 0 atom stereocenters. The molecule has 1 saturated heterocycles. The van der Waals surface area contributed by atoms with Crippen molar-refractivity contribution in [3.05, 3.63) is 52.4 Å². The van der Waals surface area contributed by atoms with Crippen molar-refractivity contribution in [2.24, 2.45) is 0 Å². The van der Waals surface area contributed by atoms with E-state index in [4.69, 9.17) is 29.6 Å². The monoisotopic (exact) mass is 491 g/mol. The molecule has 10 nitrogen and oxygen atoms in total. The molecule has 4 rings (SSSR count). The number of thiophene rings is 1. The number of hydrogen-bond acceptors (Lipinski definition) is 9. The zero-order chi connectivity index (χ0) is 24.5. The van der Waals surface area contributed by atoms with E-state index in [0.29, 0.717) is 6.61 Å². The lowest BCUT2D eigenvalue weighted by atomic mass is 10.1. The smallest absolute Gasteiger partial charge is 0.414 e. The molecule has 2 aromatic rings. The topological polar surface area (TPSA) is 134 Å². The number of rotatable bonds is 7. The Kier molecular flexibility index (Phi) is 9.28. The van der Waals surface area contributed by atoms with Crippen molar-refractivity contribution >= 4 is 34.7 Å². The van der Waals surface area contributed by atoms with Gasteiger partial charge >= 0.3 is 11.9 Å². The molecule has 0 saturated carbocycles. The first-order valence-electron chi connectivity index (χ1n) is 10.9. The first kappa shape index (κ1) is 25.5. The average Bonchev–Trinajstić information content (AvgIpc) is 3.32. The van der Waals surface area contributed by atoms with Gasteiger partial charge in [-0.1, -0.05) is 0 Å². The van der Waals surface area contributed by atoms with Gasteiger partial charge in [0.05, 0.1) is 23.8 Å². The number of piperazine rings is 1. The molecule has 0 amide bonds. The lowest BCUT2D eigenvalue weighted by molar-refractivity contribution is -0.159. The normalized spacial score (nSPS) is 15.6. The molecule has 1 aromatic heterocycles. The third kappa shape index (κ3) is 6.70. The minimum atomic E-state index is -1.82. The van der Waals surface area contributed by atoms with Gasteiger partial charge in [0.15, 0.2) is 0 Å². The fraction of sp³-hybridized carbons (Fsp3) is 0.391. The number of anilines is 1. The van der Waals surface area contributed by atoms with Crippen LogP contribution in [0.1, 0.15) is 10.4 Å². The highest BCUT2D eigenvalue weighted by molar-refractivity contribution is 7.11. The van der Waals surface area contributed by atoms with Gasteiger partial charge in [0.25, 0.3) is 0 Å². The molecule has 34 heavy (non-hydrogen) atoms. The largest absolute Gasteiger partial charge is 0.491 e. The van der Waals surface area contributed by atoms with Crippen molar-refractivity contribution in [1.82, 2.24) is 9.80 Å². The molecule has 11 heteroatoms. The molecule has 184 valence electrons. The highest BCUT2D eigenvalue weighted by atomic mass is 32.1. The van der Waals surface area contributed by atoms with Gasteiger partial charge in [0.1, 0.15) is 12.4 Å². The Bertz CT molecular complexity index is 973. The standard InChI is InChI=1S/C21H27N3O3S.C2H2O4/c25-11-10-22-6-8-23(9-7-22)20-16-24(15-17-5-14-28-21(17)20)18-1-3-19(4-2-18)27-13-12-26;3-1(4)2(5)6/h1-5,14,16,25-26H,6-13,15H2;(H,3,4)(H,5,6). The van der Waals surface area contributed by atoms with Crippen LogP contribution in [0.15, 0.2) is 41.9 Å². The SMILES string of the molecule is O=C(O)C(=O)O.OCCOc1ccc(N2C=C(N3CCN(CCO)CC3)c3sccc3C2)cc1. The Morgan fingerprint density at radius 3 is 2.21 bits per heavy atom. The maximum Gasteiger partial charge on any atom is 0.414 e. The van der Waals surface area contributed by atoms with Crippen LogP contribution in [-0.4, -0.2) is 94.7 Å². The Balaban J connectivity index is 0.000000481. The van der Waals surface area contributed by atoms with Crippen LogP contribution in [0.4, 0.5) is 5.69 Å². The second kappa shape index (κ2) is 12.4. The lowest BCUT2D eigenvalue weighted by Gasteiger charge is -2.39. The number of aliphatic hydroxyl groups excluding tert-OH is 2. The number of benzene rings is 1. The molecule has 4 N–H and O–H groups in total. The first-order valence-corrected chi connectivity index (χ1v) is 11.7. The summed E-state index contributed by atoms with van der Waals surface area (Å²) in [5, 5.41) is 35.0. The van der Waals surface area contributed by atoms with Crippen molar-refractivity contribution in [2.45, 2.75) is 6.54 Å². The molecule has 2 aliphatic rings. The van der Waals surface area contributed by atoms with Crippen molar-refractivity contribution in [2.75, 3.05) is 57.4 Å². The minimum Gasteiger partial charge on any atom is -0.491 e. The summed E-state index contributed by atoms with van der Waals surface area (Å²) in [7, 11) is 0. The van der Waals surface area contributed by atoms with Crippen molar-refractivity contribution in [1.29, 1.82) is 0 Å². The molecule has 3 heterocycles. The molecule has 0 aliphatic carbocycles. The van der Waals surface area contributed by atoms with Gasteiger partial charge in [-0.25, -0.2) is 9.59 Å². The van der Waals surface area contributed by atoms with Crippen LogP contribution in [0.25, 0.3) is 5.70 Å². The fourth-order valence-electron chi connectivity index (χ4n) is 3.76. The Hall–Kier alpha value is -3.12. The highest BCUT2D eigenvalue weighted by Gasteiger charge is 2.26. The number of hydrogen-bond donors (Lipinski definition) is 4. The molecular formula is C23H29N3O7S. The number of carbonyl (C=O) groups is 2. The molecular weight excluding hydrogens is 462 g/mol. The van der Waals surface area contributed by atoms with Crippen LogP contribution in [0.2, 0.25) is 0 Å². The van der Waals surface area contributed by atoms with E-state index in [-0.39, 0.29) is 13.2 Å². The predicted molar refractivity (Wildman–Crippen MR) is 128 cm³/mol. The minimum absolute atomic E-state index is 0.0203. The van der Waals surface area contributed by atoms with Crippen LogP contribution >= 0.6 is 11.3 Å². The summed E-state index contributed by atoms with van der Waals surface area (Å²) >= 11 is 1.81. The van der Waals surface area contributed by atoms with Gasteiger partial charge in [-0.2, -0.15) is 0 Å². The third-order valence-electron chi connectivity index (χ3n) is 5.44. The van der Waals surface area contributed by atoms with E-state index < -0.39 is 11.9 Å². The van der Waals surface area contributed by atoms with Crippen LogP contribution in [0.3, 0.4) is 0 Å². The van der Waals surface area contributed by atoms with Crippen LogP contribution in [-0.2, 0) is 16.1 Å². The molecule has 1 fully saturated rings. The fourth-order valence-corrected chi connectivity index (χ4v) is 4.72. The van der Waals surface area contributed by atoms with Gasteiger partial charge in [-0.05, 0) is 41.3 Å². The quantitative estimate of drug-likeness (QED) is 0.419. The van der Waals surface area contributed by atoms with E-state index in [0.717, 1.165) is 50.7 Å². The van der Waals surface area contributed by atoms with Crippen LogP contribution in [0.5, 0.6) is 5.75 Å². The van der Waals surface area contributed by atoms with E-state index in [1.165, 1.54) is 16.1 Å². The number of aliphatic hydroxyl groups is 2. The lowest BCUT2D eigenvalue weighted by Crippen LogP contribution is -2.46. The van der Waals surface area contributed by atoms with E-state index in [1.54, 1.807) is 0 Å². The Morgan fingerprint density at radius 2 is 1.62 bits per heavy atom. The maximum absolute atomic E-state index is 9.17. The number of fused-ring (bicyclic) bond motifs is 1. The molecule has 0 spiro atoms. The summed E-state index contributed by atoms with van der Waals surface area (Å²) in [5.41, 5.74) is 3.78. The molecule has 0 unspecified atom stereocenters. The maximum atomic E-state index is 9.17. The van der Waals surface area contributed by atoms with Gasteiger partial charge < -0.3 is 35.0 Å². The predicted octanol–water partition coefficient (Wildman–Crippen LogP) is 1.20. The number of nitrogens with zero attached hydrogens (tertiary/aromatic N) is 3. The van der Waals surface area contributed by atoms with Gasteiger partial charge in [0, 0.05) is 51.2 Å². The first-order chi connectivity index (χ1) is 16.4. The summed E-state index contributed by atoms with van der Waals surface area (Å²) in [4.78, 5) is 26.6. The molecule has 0 radical (unpaired) electrons. The van der Waals surface area contributed by atoms with E-state index >= 15 is 0 Å². The van der Waals surface area contributed by atoms with Crippen molar-refractivity contribution in [3.63, 3.8) is 0 Å². The van der Waals surface area contributed by atoms with Crippen LogP contribution < -0.4 is 9.64 Å². The Morgan fingerprint density at radius 1 is 0.941 bits per heavy atom. The Labute approximate surface area is 201 Å². The summed E-state index contributed by atoms with van der Waals surface area (Å²) < 4.78 is 5.47. The van der Waals surface area contributed by atoms with Gasteiger partial charge in [-0.15, -0.1) is 11.3 Å². The number of carboxylic acid groups (broad SMARTS) is 2. The summed E-state index contributed by atoms with van der Waals surface area (Å²) in [5.74, 6) is -2.87. The van der Waals surface area contributed by atoms with Gasteiger partial charge in [-0.3, -0.25) is 4.90 Å². The average molecular weight is 492 g/mol. The number of β-amino-alcohol motifs (C(OH)–C–C–N with tert-alkyl or cyclic N) is 1.